The molecule has 0 aliphatic rings. The highest BCUT2D eigenvalue weighted by Crippen LogP contribution is 2.23. The summed E-state index contributed by atoms with van der Waals surface area (Å²) in [4.78, 5) is 0. The molecule has 0 fully saturated rings. The van der Waals surface area contributed by atoms with Gasteiger partial charge in [-0.1, -0.05) is 75.0 Å². The average Bonchev–Trinajstić information content (AvgIpc) is 2.39. The van der Waals surface area contributed by atoms with Gasteiger partial charge in [0.2, 0.25) is 0 Å². The van der Waals surface area contributed by atoms with Crippen molar-refractivity contribution in [3.8, 4) is 0 Å². The monoisotopic (exact) mass is 222 g/mol. The first-order valence-electron chi connectivity index (χ1n) is 6.03. The summed E-state index contributed by atoms with van der Waals surface area (Å²) < 4.78 is 0. The number of benzene rings is 2. The van der Waals surface area contributed by atoms with Crippen molar-refractivity contribution in [3.05, 3.63) is 77.9 Å². The minimum atomic E-state index is 0.578. The maximum atomic E-state index is 4.17. The molecule has 86 valence electrons. The molecule has 17 heavy (non-hydrogen) atoms. The van der Waals surface area contributed by atoms with Crippen LogP contribution >= 0.6 is 0 Å². The lowest BCUT2D eigenvalue weighted by molar-refractivity contribution is 0.866. The molecule has 0 spiro atoms. The van der Waals surface area contributed by atoms with E-state index in [-0.39, 0.29) is 0 Å². The third-order valence-corrected chi connectivity index (χ3v) is 3.05. The Hall–Kier alpha value is -1.82. The Labute approximate surface area is 104 Å². The van der Waals surface area contributed by atoms with Gasteiger partial charge in [0.05, 0.1) is 0 Å². The highest BCUT2D eigenvalue weighted by molar-refractivity contribution is 5.77. The van der Waals surface area contributed by atoms with Gasteiger partial charge in [-0.3, -0.25) is 0 Å². The van der Waals surface area contributed by atoms with Gasteiger partial charge in [-0.2, -0.15) is 0 Å². The normalized spacial score (nSPS) is 10.5. The summed E-state index contributed by atoms with van der Waals surface area (Å²) >= 11 is 0. The SMILES string of the molecule is C=C(c1ccccc1)c1ccc(C(C)C)cc1. The lowest BCUT2D eigenvalue weighted by atomic mass is 9.96. The van der Waals surface area contributed by atoms with Gasteiger partial charge in [-0.15, -0.1) is 0 Å². The number of hydrogen-bond acceptors (Lipinski definition) is 0. The second kappa shape index (κ2) is 5.01. The smallest absolute Gasteiger partial charge is 0.0183 e. The highest BCUT2D eigenvalue weighted by Gasteiger charge is 2.03. The maximum absolute atomic E-state index is 4.17. The first-order valence-corrected chi connectivity index (χ1v) is 6.03. The minimum absolute atomic E-state index is 0.578. The van der Waals surface area contributed by atoms with Crippen molar-refractivity contribution in [2.45, 2.75) is 19.8 Å². The third kappa shape index (κ3) is 2.65. The van der Waals surface area contributed by atoms with Gasteiger partial charge in [0.25, 0.3) is 0 Å². The van der Waals surface area contributed by atoms with E-state index >= 15 is 0 Å². The minimum Gasteiger partial charge on any atom is -0.0906 e. The zero-order valence-corrected chi connectivity index (χ0v) is 10.5. The van der Waals surface area contributed by atoms with E-state index in [2.05, 4.69) is 56.8 Å². The second-order valence-corrected chi connectivity index (χ2v) is 4.62. The molecule has 0 nitrogen and oxygen atoms in total. The Kier molecular flexibility index (Phi) is 3.43. The van der Waals surface area contributed by atoms with Crippen LogP contribution in [0.5, 0.6) is 0 Å². The molecule has 0 aromatic heterocycles. The van der Waals surface area contributed by atoms with Crippen molar-refractivity contribution in [1.82, 2.24) is 0 Å². The van der Waals surface area contributed by atoms with Gasteiger partial charge in [0.15, 0.2) is 0 Å². The molecular formula is C17H18. The Bertz CT molecular complexity index is 489. The summed E-state index contributed by atoms with van der Waals surface area (Å²) in [7, 11) is 0. The van der Waals surface area contributed by atoms with Gasteiger partial charge in [-0.05, 0) is 28.2 Å². The fourth-order valence-corrected chi connectivity index (χ4v) is 1.88. The van der Waals surface area contributed by atoms with E-state index in [0.29, 0.717) is 5.92 Å². The Morgan fingerprint density at radius 3 is 1.88 bits per heavy atom. The molecule has 0 radical (unpaired) electrons. The van der Waals surface area contributed by atoms with E-state index < -0.39 is 0 Å². The average molecular weight is 222 g/mol. The Morgan fingerprint density at radius 2 is 1.35 bits per heavy atom. The number of hydrogen-bond donors (Lipinski definition) is 0. The van der Waals surface area contributed by atoms with Crippen LogP contribution in [-0.4, -0.2) is 0 Å². The van der Waals surface area contributed by atoms with Crippen LogP contribution in [0.25, 0.3) is 5.57 Å². The van der Waals surface area contributed by atoms with Gasteiger partial charge in [-0.25, -0.2) is 0 Å². The summed E-state index contributed by atoms with van der Waals surface area (Å²) in [5.41, 5.74) is 4.83. The van der Waals surface area contributed by atoms with Crippen molar-refractivity contribution in [2.75, 3.05) is 0 Å². The lowest BCUT2D eigenvalue weighted by Gasteiger charge is -2.09. The van der Waals surface area contributed by atoms with E-state index in [1.165, 1.54) is 16.7 Å². The molecule has 0 aliphatic carbocycles. The zero-order chi connectivity index (χ0) is 12.3. The van der Waals surface area contributed by atoms with Crippen molar-refractivity contribution in [3.63, 3.8) is 0 Å². The molecule has 0 amide bonds. The maximum Gasteiger partial charge on any atom is -0.0183 e. The lowest BCUT2D eigenvalue weighted by Crippen LogP contribution is -1.89. The fourth-order valence-electron chi connectivity index (χ4n) is 1.88. The van der Waals surface area contributed by atoms with E-state index in [0.717, 1.165) is 5.57 Å². The van der Waals surface area contributed by atoms with Gasteiger partial charge < -0.3 is 0 Å². The van der Waals surface area contributed by atoms with Crippen LogP contribution in [0.15, 0.2) is 61.2 Å². The van der Waals surface area contributed by atoms with Gasteiger partial charge >= 0.3 is 0 Å². The van der Waals surface area contributed by atoms with Crippen LogP contribution in [-0.2, 0) is 0 Å². The quantitative estimate of drug-likeness (QED) is 0.695. The first-order chi connectivity index (χ1) is 8.18. The Morgan fingerprint density at radius 1 is 0.824 bits per heavy atom. The summed E-state index contributed by atoms with van der Waals surface area (Å²) in [5, 5.41) is 0. The van der Waals surface area contributed by atoms with Crippen LogP contribution in [0, 0.1) is 0 Å². The topological polar surface area (TPSA) is 0 Å². The van der Waals surface area contributed by atoms with Crippen LogP contribution in [0.2, 0.25) is 0 Å². The Balaban J connectivity index is 2.27. The molecule has 0 bridgehead atoms. The third-order valence-electron chi connectivity index (χ3n) is 3.05. The molecule has 0 heteroatoms. The summed E-state index contributed by atoms with van der Waals surface area (Å²) in [6, 6.07) is 19.0. The molecule has 0 aliphatic heterocycles. The summed E-state index contributed by atoms with van der Waals surface area (Å²) in [5.74, 6) is 0.578. The van der Waals surface area contributed by atoms with Crippen molar-refractivity contribution in [2.24, 2.45) is 0 Å². The fraction of sp³-hybridized carbons (Fsp3) is 0.176. The molecule has 2 aromatic carbocycles. The highest BCUT2D eigenvalue weighted by atomic mass is 14.1. The van der Waals surface area contributed by atoms with Crippen LogP contribution in [0.3, 0.4) is 0 Å². The molecule has 0 N–H and O–H groups in total. The van der Waals surface area contributed by atoms with E-state index in [1.54, 1.807) is 0 Å². The molecule has 0 saturated heterocycles. The predicted octanol–water partition coefficient (Wildman–Crippen LogP) is 4.87. The standard InChI is InChI=1S/C17H18/c1-13(2)15-9-11-17(12-10-15)14(3)16-7-5-4-6-8-16/h4-13H,3H2,1-2H3. The first kappa shape index (κ1) is 11.7. The largest absolute Gasteiger partial charge is 0.0906 e. The second-order valence-electron chi connectivity index (χ2n) is 4.62. The molecule has 0 saturated carbocycles. The molecule has 2 aromatic rings. The van der Waals surface area contributed by atoms with Crippen molar-refractivity contribution < 1.29 is 0 Å². The predicted molar refractivity (Wildman–Crippen MR) is 75.1 cm³/mol. The van der Waals surface area contributed by atoms with E-state index in [4.69, 9.17) is 0 Å². The number of rotatable bonds is 3. The zero-order valence-electron chi connectivity index (χ0n) is 10.5. The molecular weight excluding hydrogens is 204 g/mol. The van der Waals surface area contributed by atoms with Crippen molar-refractivity contribution >= 4 is 5.57 Å². The van der Waals surface area contributed by atoms with Crippen molar-refractivity contribution in [1.29, 1.82) is 0 Å². The molecule has 0 unspecified atom stereocenters. The van der Waals surface area contributed by atoms with E-state index in [1.807, 2.05) is 18.2 Å². The molecule has 0 atom stereocenters. The molecule has 0 heterocycles. The van der Waals surface area contributed by atoms with Crippen LogP contribution in [0.4, 0.5) is 0 Å². The summed E-state index contributed by atoms with van der Waals surface area (Å²) in [6.07, 6.45) is 0. The summed E-state index contributed by atoms with van der Waals surface area (Å²) in [6.45, 7) is 8.59. The van der Waals surface area contributed by atoms with Gasteiger partial charge in [0, 0.05) is 0 Å². The molecule has 2 rings (SSSR count). The van der Waals surface area contributed by atoms with Gasteiger partial charge in [0.1, 0.15) is 0 Å². The van der Waals surface area contributed by atoms with Crippen LogP contribution < -0.4 is 0 Å². The van der Waals surface area contributed by atoms with Crippen LogP contribution in [0.1, 0.15) is 36.5 Å². The van der Waals surface area contributed by atoms with E-state index in [9.17, 15) is 0 Å².